The van der Waals surface area contributed by atoms with Crippen LogP contribution in [-0.4, -0.2) is 28.2 Å². The standard InChI is InChI=1S/C18H16N4OS2/c23-17(21-12-13-3-1-7-19-11-13)15-5-6-16(25-15)22-9-10-24-18-14(22)4-2-8-20-18/h1-8,11H,9-10,12H2,(H,21,23). The van der Waals surface area contributed by atoms with Gasteiger partial charge in [0.05, 0.1) is 15.6 Å². The molecule has 0 aliphatic carbocycles. The van der Waals surface area contributed by atoms with Crippen molar-refractivity contribution in [2.24, 2.45) is 0 Å². The number of thioether (sulfide) groups is 1. The second-order valence-corrected chi connectivity index (χ2v) is 7.66. The minimum Gasteiger partial charge on any atom is -0.347 e. The second kappa shape index (κ2) is 7.25. The van der Waals surface area contributed by atoms with Gasteiger partial charge < -0.3 is 10.2 Å². The molecule has 0 fully saturated rings. The molecule has 1 aliphatic heterocycles. The summed E-state index contributed by atoms with van der Waals surface area (Å²) in [6.07, 6.45) is 5.30. The first-order chi connectivity index (χ1) is 12.3. The van der Waals surface area contributed by atoms with E-state index < -0.39 is 0 Å². The predicted molar refractivity (Wildman–Crippen MR) is 102 cm³/mol. The number of fused-ring (bicyclic) bond motifs is 1. The van der Waals surface area contributed by atoms with Gasteiger partial charge in [0.25, 0.3) is 5.91 Å². The fourth-order valence-electron chi connectivity index (χ4n) is 2.65. The molecule has 0 saturated heterocycles. The van der Waals surface area contributed by atoms with Crippen LogP contribution in [0.15, 0.2) is 60.0 Å². The zero-order valence-electron chi connectivity index (χ0n) is 13.4. The number of hydrogen-bond donors (Lipinski definition) is 1. The predicted octanol–water partition coefficient (Wildman–Crippen LogP) is 3.71. The van der Waals surface area contributed by atoms with E-state index in [1.165, 1.54) is 11.3 Å². The fraction of sp³-hybridized carbons (Fsp3) is 0.167. The van der Waals surface area contributed by atoms with Crippen LogP contribution >= 0.6 is 23.1 Å². The van der Waals surface area contributed by atoms with E-state index in [1.807, 2.05) is 36.5 Å². The minimum atomic E-state index is -0.0575. The molecule has 0 spiro atoms. The van der Waals surface area contributed by atoms with Gasteiger partial charge in [-0.3, -0.25) is 9.78 Å². The molecule has 0 saturated carbocycles. The number of amides is 1. The smallest absolute Gasteiger partial charge is 0.261 e. The molecular formula is C18H16N4OS2. The number of pyridine rings is 2. The van der Waals surface area contributed by atoms with Gasteiger partial charge >= 0.3 is 0 Å². The molecule has 1 aliphatic rings. The normalized spacial score (nSPS) is 13.4. The van der Waals surface area contributed by atoms with Crippen LogP contribution in [0.25, 0.3) is 0 Å². The highest BCUT2D eigenvalue weighted by atomic mass is 32.2. The van der Waals surface area contributed by atoms with Crippen LogP contribution in [0.2, 0.25) is 0 Å². The molecule has 3 aromatic rings. The van der Waals surface area contributed by atoms with Gasteiger partial charge in [-0.15, -0.1) is 23.1 Å². The van der Waals surface area contributed by atoms with Crippen LogP contribution in [-0.2, 0) is 6.54 Å². The first-order valence-electron chi connectivity index (χ1n) is 7.93. The molecule has 0 aromatic carbocycles. The molecule has 0 atom stereocenters. The van der Waals surface area contributed by atoms with Crippen LogP contribution < -0.4 is 10.2 Å². The van der Waals surface area contributed by atoms with Gasteiger partial charge in [-0.25, -0.2) is 4.98 Å². The number of carbonyl (C=O) groups excluding carboxylic acids is 1. The maximum absolute atomic E-state index is 12.4. The van der Waals surface area contributed by atoms with Gasteiger partial charge in [-0.2, -0.15) is 0 Å². The van der Waals surface area contributed by atoms with E-state index in [2.05, 4.69) is 26.3 Å². The lowest BCUT2D eigenvalue weighted by atomic mass is 10.3. The summed E-state index contributed by atoms with van der Waals surface area (Å²) >= 11 is 3.28. The summed E-state index contributed by atoms with van der Waals surface area (Å²) in [4.78, 5) is 23.9. The maximum atomic E-state index is 12.4. The summed E-state index contributed by atoms with van der Waals surface area (Å²) in [7, 11) is 0. The number of carbonyl (C=O) groups is 1. The maximum Gasteiger partial charge on any atom is 0.261 e. The van der Waals surface area contributed by atoms with Crippen molar-refractivity contribution in [2.45, 2.75) is 11.6 Å². The number of anilines is 2. The molecule has 0 bridgehead atoms. The molecule has 4 heterocycles. The molecule has 25 heavy (non-hydrogen) atoms. The highest BCUT2D eigenvalue weighted by Gasteiger charge is 2.21. The van der Waals surface area contributed by atoms with Crippen molar-refractivity contribution in [2.75, 3.05) is 17.2 Å². The van der Waals surface area contributed by atoms with Crippen LogP contribution in [0.1, 0.15) is 15.2 Å². The van der Waals surface area contributed by atoms with Crippen molar-refractivity contribution >= 4 is 39.7 Å². The van der Waals surface area contributed by atoms with Gasteiger partial charge in [0.15, 0.2) is 0 Å². The Kier molecular flexibility index (Phi) is 4.67. The van der Waals surface area contributed by atoms with Crippen molar-refractivity contribution in [3.05, 3.63) is 65.4 Å². The summed E-state index contributed by atoms with van der Waals surface area (Å²) in [5, 5.41) is 5.06. The highest BCUT2D eigenvalue weighted by molar-refractivity contribution is 7.99. The Morgan fingerprint density at radius 1 is 1.20 bits per heavy atom. The Bertz CT molecular complexity index is 882. The van der Waals surface area contributed by atoms with Gasteiger partial charge in [-0.1, -0.05) is 6.07 Å². The summed E-state index contributed by atoms with van der Waals surface area (Å²) in [5.74, 6) is 0.933. The average Bonchev–Trinajstić information content (AvgIpc) is 3.16. The second-order valence-electron chi connectivity index (χ2n) is 5.51. The summed E-state index contributed by atoms with van der Waals surface area (Å²) in [5.41, 5.74) is 2.10. The zero-order valence-corrected chi connectivity index (χ0v) is 15.0. The molecule has 1 amide bonds. The van der Waals surface area contributed by atoms with Gasteiger partial charge in [0, 0.05) is 37.4 Å². The van der Waals surface area contributed by atoms with Gasteiger partial charge in [0.1, 0.15) is 5.03 Å². The van der Waals surface area contributed by atoms with Crippen molar-refractivity contribution < 1.29 is 4.79 Å². The Hall–Kier alpha value is -2.38. The number of rotatable bonds is 4. The molecule has 4 rings (SSSR count). The van der Waals surface area contributed by atoms with E-state index in [4.69, 9.17) is 0 Å². The molecule has 0 unspecified atom stereocenters. The summed E-state index contributed by atoms with van der Waals surface area (Å²) in [6, 6.07) is 11.7. The lowest BCUT2D eigenvalue weighted by molar-refractivity contribution is 0.0955. The first-order valence-corrected chi connectivity index (χ1v) is 9.74. The van der Waals surface area contributed by atoms with E-state index in [1.54, 1.807) is 24.2 Å². The first kappa shape index (κ1) is 16.1. The molecular weight excluding hydrogens is 352 g/mol. The minimum absolute atomic E-state index is 0.0575. The lowest BCUT2D eigenvalue weighted by Crippen LogP contribution is -2.23. The van der Waals surface area contributed by atoms with Crippen LogP contribution in [0.5, 0.6) is 0 Å². The molecule has 126 valence electrons. The number of hydrogen-bond acceptors (Lipinski definition) is 6. The summed E-state index contributed by atoms with van der Waals surface area (Å²) in [6.45, 7) is 1.40. The van der Waals surface area contributed by atoms with E-state index in [9.17, 15) is 4.79 Å². The van der Waals surface area contributed by atoms with E-state index >= 15 is 0 Å². The van der Waals surface area contributed by atoms with E-state index in [-0.39, 0.29) is 5.91 Å². The third kappa shape index (κ3) is 3.52. The third-order valence-electron chi connectivity index (χ3n) is 3.85. The van der Waals surface area contributed by atoms with Crippen molar-refractivity contribution in [1.29, 1.82) is 0 Å². The number of nitrogens with zero attached hydrogens (tertiary/aromatic N) is 3. The van der Waals surface area contributed by atoms with E-state index in [0.717, 1.165) is 33.6 Å². The lowest BCUT2D eigenvalue weighted by Gasteiger charge is -2.28. The van der Waals surface area contributed by atoms with Crippen LogP contribution in [0, 0.1) is 0 Å². The monoisotopic (exact) mass is 368 g/mol. The Morgan fingerprint density at radius 2 is 2.12 bits per heavy atom. The Labute approximate surface area is 154 Å². The molecule has 5 nitrogen and oxygen atoms in total. The Morgan fingerprint density at radius 3 is 3.00 bits per heavy atom. The van der Waals surface area contributed by atoms with Crippen LogP contribution in [0.4, 0.5) is 10.7 Å². The SMILES string of the molecule is O=C(NCc1cccnc1)c1ccc(N2CCSc3ncccc32)s1. The molecule has 1 N–H and O–H groups in total. The molecule has 0 radical (unpaired) electrons. The fourth-order valence-corrected chi connectivity index (χ4v) is 4.54. The van der Waals surface area contributed by atoms with Crippen molar-refractivity contribution in [1.82, 2.24) is 15.3 Å². The number of nitrogens with one attached hydrogen (secondary N) is 1. The van der Waals surface area contributed by atoms with Crippen molar-refractivity contribution in [3.63, 3.8) is 0 Å². The average molecular weight is 368 g/mol. The summed E-state index contributed by atoms with van der Waals surface area (Å²) < 4.78 is 0. The number of aromatic nitrogens is 2. The largest absolute Gasteiger partial charge is 0.347 e. The third-order valence-corrected chi connectivity index (χ3v) is 5.93. The highest BCUT2D eigenvalue weighted by Crippen LogP contribution is 2.39. The molecule has 3 aromatic heterocycles. The van der Waals surface area contributed by atoms with Gasteiger partial charge in [-0.05, 0) is 35.9 Å². The quantitative estimate of drug-likeness (QED) is 0.761. The topological polar surface area (TPSA) is 58.1 Å². The molecule has 7 heteroatoms. The van der Waals surface area contributed by atoms with Crippen molar-refractivity contribution in [3.8, 4) is 0 Å². The van der Waals surface area contributed by atoms with Gasteiger partial charge in [0.2, 0.25) is 0 Å². The van der Waals surface area contributed by atoms with Crippen LogP contribution in [0.3, 0.4) is 0 Å². The van der Waals surface area contributed by atoms with E-state index in [0.29, 0.717) is 11.4 Å². The Balaban J connectivity index is 1.48. The zero-order chi connectivity index (χ0) is 17.1. The number of thiophene rings is 1.